The molecule has 12 heteroatoms. The lowest BCUT2D eigenvalue weighted by Gasteiger charge is -2.14. The standard InChI is InChI=1S/C21H11F6N3O2S/c22-20(23,24)12-6-13(21(25,26)27)8-14(7-12)29-17(31)15-9-28-19-30(18(15)32)16(10-33-19)11-4-2-1-3-5-11/h1-10H,(H,29,31). The van der Waals surface area contributed by atoms with Gasteiger partial charge < -0.3 is 5.32 Å². The van der Waals surface area contributed by atoms with Gasteiger partial charge in [-0.3, -0.25) is 14.0 Å². The third-order valence-corrected chi connectivity index (χ3v) is 5.45. The van der Waals surface area contributed by atoms with Crippen LogP contribution in [0.5, 0.6) is 0 Å². The normalized spacial score (nSPS) is 12.2. The number of thiazole rings is 1. The van der Waals surface area contributed by atoms with Gasteiger partial charge in [0, 0.05) is 17.3 Å². The van der Waals surface area contributed by atoms with Crippen LogP contribution in [-0.4, -0.2) is 15.3 Å². The van der Waals surface area contributed by atoms with E-state index in [1.807, 2.05) is 5.32 Å². The monoisotopic (exact) mass is 483 g/mol. The quantitative estimate of drug-likeness (QED) is 0.380. The molecule has 0 spiro atoms. The average Bonchev–Trinajstić information content (AvgIpc) is 3.18. The van der Waals surface area contributed by atoms with Gasteiger partial charge in [0.15, 0.2) is 4.96 Å². The number of aromatic nitrogens is 2. The van der Waals surface area contributed by atoms with Crippen LogP contribution >= 0.6 is 11.3 Å². The van der Waals surface area contributed by atoms with Crippen LogP contribution in [-0.2, 0) is 12.4 Å². The summed E-state index contributed by atoms with van der Waals surface area (Å²) in [4.78, 5) is 29.9. The first-order chi connectivity index (χ1) is 15.4. The van der Waals surface area contributed by atoms with Crippen molar-refractivity contribution >= 4 is 27.9 Å². The van der Waals surface area contributed by atoms with Crippen LogP contribution in [0.3, 0.4) is 0 Å². The van der Waals surface area contributed by atoms with Crippen molar-refractivity contribution in [2.75, 3.05) is 5.32 Å². The summed E-state index contributed by atoms with van der Waals surface area (Å²) in [5.41, 5.74) is -4.24. The zero-order valence-electron chi connectivity index (χ0n) is 16.2. The summed E-state index contributed by atoms with van der Waals surface area (Å²) in [5, 5.41) is 3.59. The van der Waals surface area contributed by atoms with Crippen LogP contribution < -0.4 is 10.9 Å². The molecule has 1 N–H and O–H groups in total. The van der Waals surface area contributed by atoms with Crippen molar-refractivity contribution in [2.45, 2.75) is 12.4 Å². The van der Waals surface area contributed by atoms with E-state index in [1.54, 1.807) is 35.7 Å². The summed E-state index contributed by atoms with van der Waals surface area (Å²) in [6, 6.07) is 9.34. The molecule has 0 unspecified atom stereocenters. The van der Waals surface area contributed by atoms with Gasteiger partial charge in [-0.05, 0) is 23.8 Å². The summed E-state index contributed by atoms with van der Waals surface area (Å²) in [5.74, 6) is -1.19. The minimum Gasteiger partial charge on any atom is -0.322 e. The molecule has 0 bridgehead atoms. The topological polar surface area (TPSA) is 63.5 Å². The van der Waals surface area contributed by atoms with E-state index in [1.165, 1.54) is 0 Å². The van der Waals surface area contributed by atoms with E-state index in [0.717, 1.165) is 21.9 Å². The molecule has 0 aliphatic rings. The molecule has 0 saturated carbocycles. The second-order valence-corrected chi connectivity index (χ2v) is 7.67. The van der Waals surface area contributed by atoms with Crippen LogP contribution in [0.2, 0.25) is 0 Å². The van der Waals surface area contributed by atoms with Crippen molar-refractivity contribution < 1.29 is 31.1 Å². The lowest BCUT2D eigenvalue weighted by molar-refractivity contribution is -0.143. The Balaban J connectivity index is 1.76. The molecule has 0 fully saturated rings. The Bertz CT molecular complexity index is 1380. The van der Waals surface area contributed by atoms with Gasteiger partial charge in [0.05, 0.1) is 16.8 Å². The van der Waals surface area contributed by atoms with Gasteiger partial charge in [-0.2, -0.15) is 26.3 Å². The van der Waals surface area contributed by atoms with E-state index in [2.05, 4.69) is 4.98 Å². The van der Waals surface area contributed by atoms with Crippen molar-refractivity contribution in [1.82, 2.24) is 9.38 Å². The highest BCUT2D eigenvalue weighted by atomic mass is 32.1. The van der Waals surface area contributed by atoms with Gasteiger partial charge in [-0.25, -0.2) is 4.98 Å². The number of benzene rings is 2. The van der Waals surface area contributed by atoms with Crippen LogP contribution in [0.15, 0.2) is 64.9 Å². The Labute approximate surface area is 184 Å². The fourth-order valence-corrected chi connectivity index (χ4v) is 3.94. The summed E-state index contributed by atoms with van der Waals surface area (Å²) in [7, 11) is 0. The van der Waals surface area contributed by atoms with Gasteiger partial charge in [0.25, 0.3) is 11.5 Å². The van der Waals surface area contributed by atoms with Crippen molar-refractivity contribution in [2.24, 2.45) is 0 Å². The maximum absolute atomic E-state index is 13.1. The summed E-state index contributed by atoms with van der Waals surface area (Å²) in [6.07, 6.45) is -9.24. The Morgan fingerprint density at radius 3 is 2.12 bits per heavy atom. The number of anilines is 1. The SMILES string of the molecule is O=C(Nc1cc(C(F)(F)F)cc(C(F)(F)F)c1)c1cnc2scc(-c3ccccc3)n2c1=O. The van der Waals surface area contributed by atoms with Crippen molar-refractivity contribution in [1.29, 1.82) is 0 Å². The Kier molecular flexibility index (Phi) is 5.48. The third kappa shape index (κ3) is 4.46. The summed E-state index contributed by atoms with van der Waals surface area (Å²) in [6.45, 7) is 0. The lowest BCUT2D eigenvalue weighted by atomic mass is 10.1. The summed E-state index contributed by atoms with van der Waals surface area (Å²) >= 11 is 1.13. The molecule has 2 heterocycles. The number of alkyl halides is 6. The maximum Gasteiger partial charge on any atom is 0.416 e. The van der Waals surface area contributed by atoms with Gasteiger partial charge in [0.1, 0.15) is 5.56 Å². The molecule has 4 aromatic rings. The number of fused-ring (bicyclic) bond motifs is 1. The molecule has 2 aromatic heterocycles. The highest BCUT2D eigenvalue weighted by Crippen LogP contribution is 2.37. The third-order valence-electron chi connectivity index (χ3n) is 4.61. The van der Waals surface area contributed by atoms with Crippen molar-refractivity contribution in [3.05, 3.63) is 87.2 Å². The second kappa shape index (κ2) is 8.03. The number of hydrogen-bond donors (Lipinski definition) is 1. The van der Waals surface area contributed by atoms with E-state index in [0.29, 0.717) is 23.4 Å². The number of nitrogens with zero attached hydrogens (tertiary/aromatic N) is 2. The molecule has 2 aromatic carbocycles. The molecule has 0 aliphatic carbocycles. The molecule has 170 valence electrons. The Morgan fingerprint density at radius 2 is 1.55 bits per heavy atom. The maximum atomic E-state index is 13.1. The first kappa shape index (κ1) is 22.5. The van der Waals surface area contributed by atoms with Crippen LogP contribution in [0, 0.1) is 0 Å². The smallest absolute Gasteiger partial charge is 0.322 e. The van der Waals surface area contributed by atoms with E-state index in [9.17, 15) is 35.9 Å². The first-order valence-electron chi connectivity index (χ1n) is 9.10. The van der Waals surface area contributed by atoms with E-state index in [4.69, 9.17) is 0 Å². The molecule has 1 amide bonds. The fraction of sp³-hybridized carbons (Fsp3) is 0.0952. The fourth-order valence-electron chi connectivity index (χ4n) is 3.08. The van der Waals surface area contributed by atoms with Crippen molar-refractivity contribution in [3.8, 4) is 11.3 Å². The number of hydrogen-bond acceptors (Lipinski definition) is 4. The molecule has 0 radical (unpaired) electrons. The van der Waals surface area contributed by atoms with Crippen LogP contribution in [0.4, 0.5) is 32.0 Å². The van der Waals surface area contributed by atoms with E-state index < -0.39 is 46.2 Å². The van der Waals surface area contributed by atoms with Gasteiger partial charge in [-0.15, -0.1) is 11.3 Å². The largest absolute Gasteiger partial charge is 0.416 e. The zero-order chi connectivity index (χ0) is 24.0. The van der Waals surface area contributed by atoms with Crippen LogP contribution in [0.1, 0.15) is 21.5 Å². The number of nitrogens with one attached hydrogen (secondary N) is 1. The minimum atomic E-state index is -5.08. The number of carbonyl (C=O) groups is 1. The predicted molar refractivity (Wildman–Crippen MR) is 109 cm³/mol. The molecule has 0 saturated heterocycles. The van der Waals surface area contributed by atoms with Crippen molar-refractivity contribution in [3.63, 3.8) is 0 Å². The van der Waals surface area contributed by atoms with E-state index >= 15 is 0 Å². The second-order valence-electron chi connectivity index (χ2n) is 6.83. The first-order valence-corrected chi connectivity index (χ1v) is 9.98. The number of amides is 1. The minimum absolute atomic E-state index is 0.0599. The summed E-state index contributed by atoms with van der Waals surface area (Å²) < 4.78 is 79.5. The molecule has 0 atom stereocenters. The number of halogens is 6. The van der Waals surface area contributed by atoms with Gasteiger partial charge >= 0.3 is 12.4 Å². The molecule has 33 heavy (non-hydrogen) atoms. The Hall–Kier alpha value is -3.67. The van der Waals surface area contributed by atoms with E-state index in [-0.39, 0.29) is 11.0 Å². The highest BCUT2D eigenvalue weighted by molar-refractivity contribution is 7.15. The zero-order valence-corrected chi connectivity index (χ0v) is 17.0. The molecular weight excluding hydrogens is 472 g/mol. The molecule has 0 aliphatic heterocycles. The van der Waals surface area contributed by atoms with Crippen LogP contribution in [0.25, 0.3) is 16.2 Å². The molecule has 4 rings (SSSR count). The Morgan fingerprint density at radius 1 is 0.939 bits per heavy atom. The van der Waals surface area contributed by atoms with Gasteiger partial charge in [0.2, 0.25) is 0 Å². The number of carbonyl (C=O) groups excluding carboxylic acids is 1. The predicted octanol–water partition coefficient (Wildman–Crippen LogP) is 5.71. The number of rotatable bonds is 3. The highest BCUT2D eigenvalue weighted by Gasteiger charge is 2.37. The molecule has 5 nitrogen and oxygen atoms in total. The molecular formula is C21H11F6N3O2S. The van der Waals surface area contributed by atoms with Gasteiger partial charge in [-0.1, -0.05) is 30.3 Å². The average molecular weight is 483 g/mol. The lowest BCUT2D eigenvalue weighted by Crippen LogP contribution is -2.26.